The van der Waals surface area contributed by atoms with Gasteiger partial charge in [0.1, 0.15) is 11.4 Å². The summed E-state index contributed by atoms with van der Waals surface area (Å²) in [6.45, 7) is 6.19. The van der Waals surface area contributed by atoms with Gasteiger partial charge < -0.3 is 9.30 Å². The molecule has 130 valence electrons. The van der Waals surface area contributed by atoms with Gasteiger partial charge in [-0.1, -0.05) is 0 Å². The molecule has 25 heavy (non-hydrogen) atoms. The van der Waals surface area contributed by atoms with Crippen LogP contribution in [0.5, 0.6) is 11.5 Å². The number of fused-ring (bicyclic) bond motifs is 1. The lowest BCUT2D eigenvalue weighted by Gasteiger charge is -2.21. The number of benzene rings is 1. The average Bonchev–Trinajstić information content (AvgIpc) is 2.87. The highest BCUT2D eigenvalue weighted by atomic mass is 127. The number of pyridine rings is 1. The molecule has 0 saturated carbocycles. The molecule has 0 aliphatic heterocycles. The van der Waals surface area contributed by atoms with Crippen LogP contribution in [0, 0.1) is 19.5 Å². The molecule has 6 nitrogen and oxygen atoms in total. The minimum atomic E-state index is -0.788. The smallest absolute Gasteiger partial charge is 0.272 e. The van der Waals surface area contributed by atoms with Crippen molar-refractivity contribution in [3.05, 3.63) is 56.2 Å². The Morgan fingerprint density at radius 3 is 2.60 bits per heavy atom. The maximum atomic E-state index is 14.1. The van der Waals surface area contributed by atoms with E-state index in [1.165, 1.54) is 12.1 Å². The topological polar surface area (TPSA) is 70.2 Å². The lowest BCUT2D eigenvalue weighted by Crippen LogP contribution is -2.20. The van der Waals surface area contributed by atoms with Gasteiger partial charge >= 0.3 is 0 Å². The average molecular weight is 455 g/mol. The first-order valence-electron chi connectivity index (χ1n) is 7.46. The fraction of sp³-hybridized carbons (Fsp3) is 0.235. The van der Waals surface area contributed by atoms with Gasteiger partial charge in [-0.05, 0) is 55.5 Å². The van der Waals surface area contributed by atoms with Crippen molar-refractivity contribution in [1.82, 2.24) is 9.55 Å². The number of non-ortho nitro benzene ring substituents is 1. The van der Waals surface area contributed by atoms with Crippen molar-refractivity contribution in [1.29, 1.82) is 0 Å². The van der Waals surface area contributed by atoms with Gasteiger partial charge in [-0.15, -0.1) is 0 Å². The van der Waals surface area contributed by atoms with Crippen LogP contribution in [-0.2, 0) is 5.54 Å². The third-order valence-corrected chi connectivity index (χ3v) is 4.49. The van der Waals surface area contributed by atoms with E-state index in [0.29, 0.717) is 5.75 Å². The van der Waals surface area contributed by atoms with Gasteiger partial charge in [0.15, 0.2) is 11.6 Å². The molecule has 3 rings (SSSR count). The molecule has 0 bridgehead atoms. The molecule has 0 aliphatic rings. The van der Waals surface area contributed by atoms with Crippen molar-refractivity contribution in [2.75, 3.05) is 0 Å². The molecule has 0 atom stereocenters. The molecule has 0 radical (unpaired) electrons. The summed E-state index contributed by atoms with van der Waals surface area (Å²) in [5.74, 6) is -0.410. The Hall–Kier alpha value is -2.23. The van der Waals surface area contributed by atoms with Crippen molar-refractivity contribution in [3.8, 4) is 11.5 Å². The molecule has 1 aromatic carbocycles. The van der Waals surface area contributed by atoms with Crippen LogP contribution in [0.25, 0.3) is 11.0 Å². The van der Waals surface area contributed by atoms with Gasteiger partial charge in [0.25, 0.3) is 5.69 Å². The van der Waals surface area contributed by atoms with E-state index in [0.717, 1.165) is 20.7 Å². The predicted molar refractivity (Wildman–Crippen MR) is 101 cm³/mol. The molecule has 2 heterocycles. The Balaban J connectivity index is 2.09. The fourth-order valence-corrected chi connectivity index (χ4v) is 3.27. The van der Waals surface area contributed by atoms with E-state index in [4.69, 9.17) is 4.74 Å². The molecule has 0 fully saturated rings. The Labute approximate surface area is 156 Å². The van der Waals surface area contributed by atoms with Gasteiger partial charge in [0, 0.05) is 27.6 Å². The molecule has 8 heteroatoms. The monoisotopic (exact) mass is 455 g/mol. The highest BCUT2D eigenvalue weighted by Gasteiger charge is 2.21. The van der Waals surface area contributed by atoms with Crippen LogP contribution in [0.4, 0.5) is 10.1 Å². The van der Waals surface area contributed by atoms with Gasteiger partial charge in [-0.3, -0.25) is 10.1 Å². The minimum Gasteiger partial charge on any atom is -0.453 e. The third kappa shape index (κ3) is 3.30. The van der Waals surface area contributed by atoms with E-state index in [-0.39, 0.29) is 17.0 Å². The summed E-state index contributed by atoms with van der Waals surface area (Å²) in [5, 5.41) is 11.5. The highest BCUT2D eigenvalue weighted by Crippen LogP contribution is 2.36. The molecular formula is C17H15FIN3O3. The molecule has 0 aliphatic carbocycles. The predicted octanol–water partition coefficient (Wildman–Crippen LogP) is 5.24. The third-order valence-electron chi connectivity index (χ3n) is 3.67. The highest BCUT2D eigenvalue weighted by molar-refractivity contribution is 14.1. The number of rotatable bonds is 3. The SMILES string of the molecule is CC(C)(C)n1cc(I)c2c(Oc3ccc([N+](=O)[O-])cc3F)ccnc21. The second-order valence-corrected chi connectivity index (χ2v) is 7.66. The molecule has 0 amide bonds. The summed E-state index contributed by atoms with van der Waals surface area (Å²) in [6.07, 6.45) is 3.57. The summed E-state index contributed by atoms with van der Waals surface area (Å²) in [5.41, 5.74) is 0.237. The van der Waals surface area contributed by atoms with Crippen LogP contribution < -0.4 is 4.74 Å². The number of hydrogen-bond acceptors (Lipinski definition) is 4. The van der Waals surface area contributed by atoms with Crippen molar-refractivity contribution in [3.63, 3.8) is 0 Å². The number of nitro groups is 1. The lowest BCUT2D eigenvalue weighted by molar-refractivity contribution is -0.385. The van der Waals surface area contributed by atoms with Crippen LogP contribution in [0.1, 0.15) is 20.8 Å². The first kappa shape index (κ1) is 17.6. The van der Waals surface area contributed by atoms with Crippen molar-refractivity contribution < 1.29 is 14.1 Å². The van der Waals surface area contributed by atoms with Gasteiger partial charge in [0.05, 0.1) is 16.4 Å². The second-order valence-electron chi connectivity index (χ2n) is 6.50. The zero-order chi connectivity index (χ0) is 18.4. The first-order chi connectivity index (χ1) is 11.7. The van der Waals surface area contributed by atoms with E-state index < -0.39 is 10.7 Å². The van der Waals surface area contributed by atoms with Crippen molar-refractivity contribution >= 4 is 39.3 Å². The molecule has 0 saturated heterocycles. The van der Waals surface area contributed by atoms with Gasteiger partial charge in [0.2, 0.25) is 0 Å². The summed E-state index contributed by atoms with van der Waals surface area (Å²) < 4.78 is 22.8. The van der Waals surface area contributed by atoms with E-state index in [1.54, 1.807) is 12.3 Å². The van der Waals surface area contributed by atoms with Crippen LogP contribution >= 0.6 is 22.6 Å². The zero-order valence-electron chi connectivity index (χ0n) is 13.8. The molecule has 3 aromatic rings. The molecule has 0 unspecified atom stereocenters. The Bertz CT molecular complexity index is 979. The van der Waals surface area contributed by atoms with E-state index in [9.17, 15) is 14.5 Å². The largest absolute Gasteiger partial charge is 0.453 e. The maximum Gasteiger partial charge on any atom is 0.272 e. The molecule has 2 aromatic heterocycles. The van der Waals surface area contributed by atoms with Crippen LogP contribution in [0.2, 0.25) is 0 Å². The van der Waals surface area contributed by atoms with Crippen LogP contribution in [0.15, 0.2) is 36.7 Å². The van der Waals surface area contributed by atoms with E-state index in [2.05, 4.69) is 48.3 Å². The Morgan fingerprint density at radius 2 is 2.00 bits per heavy atom. The number of nitrogens with zero attached hydrogens (tertiary/aromatic N) is 3. The first-order valence-corrected chi connectivity index (χ1v) is 8.54. The standard InChI is InChI=1S/C17H15FIN3O3/c1-17(2,3)21-9-12(19)15-14(6-7-20-16(15)21)25-13-5-4-10(22(23)24)8-11(13)18/h4-9H,1-3H3. The number of ether oxygens (including phenoxy) is 1. The Morgan fingerprint density at radius 1 is 1.28 bits per heavy atom. The number of nitro benzene ring substituents is 1. The second kappa shape index (κ2) is 6.25. The number of aromatic nitrogens is 2. The minimum absolute atomic E-state index is 0.0718. The summed E-state index contributed by atoms with van der Waals surface area (Å²) in [6, 6.07) is 4.97. The number of hydrogen-bond donors (Lipinski definition) is 0. The molecule has 0 spiro atoms. The summed E-state index contributed by atoms with van der Waals surface area (Å²) in [7, 11) is 0. The van der Waals surface area contributed by atoms with Crippen LogP contribution in [0.3, 0.4) is 0 Å². The quantitative estimate of drug-likeness (QED) is 0.308. The lowest BCUT2D eigenvalue weighted by atomic mass is 10.1. The van der Waals surface area contributed by atoms with E-state index in [1.807, 2.05) is 10.8 Å². The molecule has 0 N–H and O–H groups in total. The van der Waals surface area contributed by atoms with Crippen LogP contribution in [-0.4, -0.2) is 14.5 Å². The van der Waals surface area contributed by atoms with Gasteiger partial charge in [-0.2, -0.15) is 0 Å². The normalized spacial score (nSPS) is 11.7. The summed E-state index contributed by atoms with van der Waals surface area (Å²) in [4.78, 5) is 14.5. The maximum absolute atomic E-state index is 14.1. The van der Waals surface area contributed by atoms with Crippen molar-refractivity contribution in [2.45, 2.75) is 26.3 Å². The summed E-state index contributed by atoms with van der Waals surface area (Å²) >= 11 is 2.19. The zero-order valence-corrected chi connectivity index (χ0v) is 15.9. The van der Waals surface area contributed by atoms with E-state index >= 15 is 0 Å². The van der Waals surface area contributed by atoms with Crippen molar-refractivity contribution in [2.24, 2.45) is 0 Å². The van der Waals surface area contributed by atoms with Gasteiger partial charge in [-0.25, -0.2) is 9.37 Å². The number of halogens is 2. The Kier molecular flexibility index (Phi) is 4.40. The molecular weight excluding hydrogens is 440 g/mol. The fourth-order valence-electron chi connectivity index (χ4n) is 2.48.